The van der Waals surface area contributed by atoms with E-state index in [0.29, 0.717) is 0 Å². The number of hydrogen-bond donors (Lipinski definition) is 2. The van der Waals surface area contributed by atoms with E-state index in [9.17, 15) is 18.0 Å². The number of halogens is 1. The number of ether oxygens (including phenoxy) is 1. The molecule has 3 aromatic carbocycles. The fourth-order valence-electron chi connectivity index (χ4n) is 3.45. The van der Waals surface area contributed by atoms with Gasteiger partial charge in [-0.1, -0.05) is 54.1 Å². The second-order valence-electron chi connectivity index (χ2n) is 7.79. The quantitative estimate of drug-likeness (QED) is 0.443. The Balaban J connectivity index is 1.81. The van der Waals surface area contributed by atoms with Gasteiger partial charge < -0.3 is 15.4 Å². The Morgan fingerprint density at radius 3 is 2.34 bits per heavy atom. The molecule has 0 aliphatic heterocycles. The minimum absolute atomic E-state index is 0.125. The van der Waals surface area contributed by atoms with E-state index in [4.69, 9.17) is 16.3 Å². The van der Waals surface area contributed by atoms with Crippen molar-refractivity contribution in [3.8, 4) is 5.75 Å². The SMILES string of the molecule is COc1ccc(Cl)cc1N(CC(=O)Nc1ccccc1C(=O)NC(C)c1ccccc1)S(C)(=O)=O. The van der Waals surface area contributed by atoms with Crippen LogP contribution in [0.15, 0.2) is 72.8 Å². The van der Waals surface area contributed by atoms with E-state index < -0.39 is 22.5 Å². The molecular formula is C25H26ClN3O5S. The number of nitrogens with zero attached hydrogens (tertiary/aromatic N) is 1. The molecule has 3 aromatic rings. The van der Waals surface area contributed by atoms with Gasteiger partial charge >= 0.3 is 0 Å². The topological polar surface area (TPSA) is 105 Å². The predicted octanol–water partition coefficient (Wildman–Crippen LogP) is 4.24. The lowest BCUT2D eigenvalue weighted by molar-refractivity contribution is -0.114. The van der Waals surface area contributed by atoms with Crippen molar-refractivity contribution in [2.24, 2.45) is 0 Å². The van der Waals surface area contributed by atoms with Gasteiger partial charge in [-0.05, 0) is 42.8 Å². The highest BCUT2D eigenvalue weighted by Crippen LogP contribution is 2.32. The largest absolute Gasteiger partial charge is 0.495 e. The second-order valence-corrected chi connectivity index (χ2v) is 10.1. The third-order valence-electron chi connectivity index (χ3n) is 5.19. The van der Waals surface area contributed by atoms with Gasteiger partial charge in [0.2, 0.25) is 15.9 Å². The summed E-state index contributed by atoms with van der Waals surface area (Å²) in [5, 5.41) is 5.84. The molecule has 0 aliphatic carbocycles. The lowest BCUT2D eigenvalue weighted by atomic mass is 10.1. The number of nitrogens with one attached hydrogen (secondary N) is 2. The zero-order valence-electron chi connectivity index (χ0n) is 19.5. The van der Waals surface area contributed by atoms with Crippen molar-refractivity contribution in [2.75, 3.05) is 29.5 Å². The lowest BCUT2D eigenvalue weighted by Crippen LogP contribution is -2.38. The zero-order chi connectivity index (χ0) is 25.6. The maximum absolute atomic E-state index is 13.0. The Morgan fingerprint density at radius 1 is 1.03 bits per heavy atom. The first-order valence-corrected chi connectivity index (χ1v) is 12.9. The number of anilines is 2. The number of carbonyl (C=O) groups is 2. The van der Waals surface area contributed by atoms with E-state index in [-0.39, 0.29) is 39.7 Å². The maximum Gasteiger partial charge on any atom is 0.253 e. The molecule has 0 fully saturated rings. The van der Waals surface area contributed by atoms with Crippen molar-refractivity contribution >= 4 is 44.8 Å². The van der Waals surface area contributed by atoms with Crippen molar-refractivity contribution in [3.05, 3.63) is 88.9 Å². The van der Waals surface area contributed by atoms with Crippen LogP contribution in [0.5, 0.6) is 5.75 Å². The number of amides is 2. The third kappa shape index (κ3) is 6.74. The Bertz CT molecular complexity index is 1320. The van der Waals surface area contributed by atoms with Crippen LogP contribution < -0.4 is 19.7 Å². The van der Waals surface area contributed by atoms with Crippen LogP contribution in [0.3, 0.4) is 0 Å². The van der Waals surface area contributed by atoms with Crippen LogP contribution >= 0.6 is 11.6 Å². The Labute approximate surface area is 209 Å². The van der Waals surface area contributed by atoms with E-state index in [1.54, 1.807) is 30.3 Å². The first-order chi connectivity index (χ1) is 16.6. The normalized spacial score (nSPS) is 11.9. The summed E-state index contributed by atoms with van der Waals surface area (Å²) in [6, 6.07) is 20.2. The first kappa shape index (κ1) is 26.1. The van der Waals surface area contributed by atoms with Crippen LogP contribution in [0.1, 0.15) is 28.9 Å². The summed E-state index contributed by atoms with van der Waals surface area (Å²) in [4.78, 5) is 25.9. The fraction of sp³-hybridized carbons (Fsp3) is 0.200. The number of hydrogen-bond acceptors (Lipinski definition) is 5. The Kier molecular flexibility index (Phi) is 8.37. The Hall–Kier alpha value is -3.56. The number of carbonyl (C=O) groups excluding carboxylic acids is 2. The lowest BCUT2D eigenvalue weighted by Gasteiger charge is -2.24. The molecule has 0 saturated heterocycles. The smallest absolute Gasteiger partial charge is 0.253 e. The first-order valence-electron chi connectivity index (χ1n) is 10.7. The van der Waals surface area contributed by atoms with Crippen LogP contribution in [0.25, 0.3) is 0 Å². The number of methoxy groups -OCH3 is 1. The molecule has 0 radical (unpaired) electrons. The highest BCUT2D eigenvalue weighted by atomic mass is 35.5. The summed E-state index contributed by atoms with van der Waals surface area (Å²) in [5.74, 6) is -0.787. The van der Waals surface area contributed by atoms with Gasteiger partial charge in [-0.25, -0.2) is 8.42 Å². The molecule has 2 amide bonds. The molecule has 184 valence electrons. The average molecular weight is 516 g/mol. The predicted molar refractivity (Wildman–Crippen MR) is 138 cm³/mol. The van der Waals surface area contributed by atoms with E-state index in [0.717, 1.165) is 16.1 Å². The summed E-state index contributed by atoms with van der Waals surface area (Å²) in [6.07, 6.45) is 0.979. The molecule has 0 heterocycles. The van der Waals surface area contributed by atoms with Gasteiger partial charge in [0.15, 0.2) is 0 Å². The number of rotatable bonds is 9. The summed E-state index contributed by atoms with van der Waals surface area (Å²) in [5.41, 5.74) is 1.55. The molecule has 0 saturated carbocycles. The molecule has 8 nitrogen and oxygen atoms in total. The molecule has 0 aromatic heterocycles. The molecule has 2 N–H and O–H groups in total. The highest BCUT2D eigenvalue weighted by molar-refractivity contribution is 7.92. The van der Waals surface area contributed by atoms with E-state index in [1.165, 1.54) is 19.2 Å². The van der Waals surface area contributed by atoms with Crippen LogP contribution in [-0.4, -0.2) is 40.1 Å². The van der Waals surface area contributed by atoms with Gasteiger partial charge in [0, 0.05) is 5.02 Å². The second kappa shape index (κ2) is 11.2. The minimum atomic E-state index is -3.87. The van der Waals surface area contributed by atoms with Crippen molar-refractivity contribution in [3.63, 3.8) is 0 Å². The molecule has 1 unspecified atom stereocenters. The zero-order valence-corrected chi connectivity index (χ0v) is 21.1. The number of para-hydroxylation sites is 1. The third-order valence-corrected chi connectivity index (χ3v) is 6.55. The van der Waals surface area contributed by atoms with E-state index in [2.05, 4.69) is 10.6 Å². The molecule has 1 atom stereocenters. The standard InChI is InChI=1S/C25H26ClN3O5S/c1-17(18-9-5-4-6-10-18)27-25(31)20-11-7-8-12-21(20)28-24(30)16-29(35(3,32)33)22-15-19(26)13-14-23(22)34-2/h4-15,17H,16H2,1-3H3,(H,27,31)(H,28,30). The molecule has 0 spiro atoms. The fourth-order valence-corrected chi connectivity index (χ4v) is 4.47. The van der Waals surface area contributed by atoms with Crippen molar-refractivity contribution in [2.45, 2.75) is 13.0 Å². The highest BCUT2D eigenvalue weighted by Gasteiger charge is 2.25. The molecule has 35 heavy (non-hydrogen) atoms. The molecule has 10 heteroatoms. The number of benzene rings is 3. The van der Waals surface area contributed by atoms with Crippen LogP contribution in [0.2, 0.25) is 5.02 Å². The average Bonchev–Trinajstić information content (AvgIpc) is 2.82. The summed E-state index contributed by atoms with van der Waals surface area (Å²) in [6.45, 7) is 1.31. The van der Waals surface area contributed by atoms with Crippen LogP contribution in [0.4, 0.5) is 11.4 Å². The maximum atomic E-state index is 13.0. The molecule has 0 aliphatic rings. The van der Waals surface area contributed by atoms with Gasteiger partial charge in [0.05, 0.1) is 36.3 Å². The van der Waals surface area contributed by atoms with Crippen LogP contribution in [-0.2, 0) is 14.8 Å². The summed E-state index contributed by atoms with van der Waals surface area (Å²) >= 11 is 6.05. The van der Waals surface area contributed by atoms with Gasteiger partial charge in [0.25, 0.3) is 5.91 Å². The van der Waals surface area contributed by atoms with Crippen LogP contribution in [0, 0.1) is 0 Å². The van der Waals surface area contributed by atoms with Gasteiger partial charge in [-0.15, -0.1) is 0 Å². The van der Waals surface area contributed by atoms with Gasteiger partial charge in [-0.3, -0.25) is 13.9 Å². The van der Waals surface area contributed by atoms with Crippen molar-refractivity contribution < 1.29 is 22.7 Å². The molecular weight excluding hydrogens is 490 g/mol. The summed E-state index contributed by atoms with van der Waals surface area (Å²) in [7, 11) is -2.49. The minimum Gasteiger partial charge on any atom is -0.495 e. The Morgan fingerprint density at radius 2 is 1.69 bits per heavy atom. The van der Waals surface area contributed by atoms with Crippen molar-refractivity contribution in [1.29, 1.82) is 0 Å². The van der Waals surface area contributed by atoms with Gasteiger partial charge in [-0.2, -0.15) is 0 Å². The van der Waals surface area contributed by atoms with E-state index >= 15 is 0 Å². The van der Waals surface area contributed by atoms with Crippen molar-refractivity contribution in [1.82, 2.24) is 5.32 Å². The van der Waals surface area contributed by atoms with E-state index in [1.807, 2.05) is 37.3 Å². The number of sulfonamides is 1. The molecule has 0 bridgehead atoms. The summed E-state index contributed by atoms with van der Waals surface area (Å²) < 4.78 is 31.2. The monoisotopic (exact) mass is 515 g/mol. The van der Waals surface area contributed by atoms with Gasteiger partial charge in [0.1, 0.15) is 12.3 Å². The molecule has 3 rings (SSSR count).